The number of amides is 1. The van der Waals surface area contributed by atoms with E-state index in [1.54, 1.807) is 37.3 Å². The molecule has 3 N–H and O–H groups in total. The largest absolute Gasteiger partial charge is 0.465 e. The molecule has 6 heteroatoms. The molecule has 0 aliphatic heterocycles. The number of carboxylic acid groups (broad SMARTS) is 1. The summed E-state index contributed by atoms with van der Waals surface area (Å²) >= 11 is 0. The number of carbonyl (C=O) groups excluding carboxylic acids is 1. The summed E-state index contributed by atoms with van der Waals surface area (Å²) in [4.78, 5) is 24.4. The van der Waals surface area contributed by atoms with E-state index in [-0.39, 0.29) is 5.69 Å². The number of anilines is 3. The van der Waals surface area contributed by atoms with E-state index in [4.69, 9.17) is 5.73 Å². The SMILES string of the molecule is COC(=O)c1ccc(N(C(=O)O)c2ccccc2)c(N)c1C. The molecule has 1 amide bonds. The van der Waals surface area contributed by atoms with Gasteiger partial charge in [-0.2, -0.15) is 0 Å². The lowest BCUT2D eigenvalue weighted by Crippen LogP contribution is -2.25. The molecule has 0 aliphatic rings. The molecule has 0 unspecified atom stereocenters. The number of esters is 1. The highest BCUT2D eigenvalue weighted by molar-refractivity contribution is 6.01. The molecule has 6 nitrogen and oxygen atoms in total. The Morgan fingerprint density at radius 1 is 1.14 bits per heavy atom. The molecule has 0 fully saturated rings. The lowest BCUT2D eigenvalue weighted by Gasteiger charge is -2.22. The summed E-state index contributed by atoms with van der Waals surface area (Å²) in [7, 11) is 1.28. The lowest BCUT2D eigenvalue weighted by atomic mass is 10.0. The van der Waals surface area contributed by atoms with Crippen molar-refractivity contribution >= 4 is 29.1 Å². The first-order valence-corrected chi connectivity index (χ1v) is 6.53. The number of hydrogen-bond donors (Lipinski definition) is 2. The second kappa shape index (κ2) is 6.17. The van der Waals surface area contributed by atoms with Crippen LogP contribution in [0.1, 0.15) is 15.9 Å². The number of rotatable bonds is 3. The first-order chi connectivity index (χ1) is 10.5. The molecule has 0 atom stereocenters. The molecule has 0 saturated carbocycles. The molecule has 2 aromatic rings. The fraction of sp³-hybridized carbons (Fsp3) is 0.125. The minimum atomic E-state index is -1.16. The third-order valence-electron chi connectivity index (χ3n) is 3.34. The number of para-hydroxylation sites is 1. The van der Waals surface area contributed by atoms with Gasteiger partial charge in [-0.15, -0.1) is 0 Å². The van der Waals surface area contributed by atoms with Crippen LogP contribution in [0, 0.1) is 6.92 Å². The summed E-state index contributed by atoms with van der Waals surface area (Å²) in [5, 5.41) is 9.50. The summed E-state index contributed by atoms with van der Waals surface area (Å²) in [6.45, 7) is 1.65. The van der Waals surface area contributed by atoms with Crippen LogP contribution in [-0.4, -0.2) is 24.3 Å². The van der Waals surface area contributed by atoms with Gasteiger partial charge in [0.25, 0.3) is 0 Å². The Morgan fingerprint density at radius 3 is 2.32 bits per heavy atom. The smallest absolute Gasteiger partial charge is 0.416 e. The van der Waals surface area contributed by atoms with Gasteiger partial charge in [-0.3, -0.25) is 0 Å². The first-order valence-electron chi connectivity index (χ1n) is 6.53. The van der Waals surface area contributed by atoms with E-state index >= 15 is 0 Å². The topological polar surface area (TPSA) is 92.9 Å². The second-order valence-corrected chi connectivity index (χ2v) is 4.62. The van der Waals surface area contributed by atoms with E-state index in [1.165, 1.54) is 19.2 Å². The molecule has 0 spiro atoms. The Hall–Kier alpha value is -3.02. The molecule has 2 rings (SSSR count). The maximum absolute atomic E-state index is 11.7. The Balaban J connectivity index is 2.57. The minimum Gasteiger partial charge on any atom is -0.465 e. The summed E-state index contributed by atoms with van der Waals surface area (Å²) in [6, 6.07) is 11.6. The van der Waals surface area contributed by atoms with Crippen molar-refractivity contribution in [2.24, 2.45) is 0 Å². The normalized spacial score (nSPS) is 10.1. The number of carbonyl (C=O) groups is 2. The Kier molecular flexibility index (Phi) is 4.31. The third-order valence-corrected chi connectivity index (χ3v) is 3.34. The van der Waals surface area contributed by atoms with E-state index in [9.17, 15) is 14.7 Å². The number of methoxy groups -OCH3 is 1. The maximum Gasteiger partial charge on any atom is 0.416 e. The monoisotopic (exact) mass is 300 g/mol. The highest BCUT2D eigenvalue weighted by Gasteiger charge is 2.22. The van der Waals surface area contributed by atoms with Crippen LogP contribution in [0.25, 0.3) is 0 Å². The van der Waals surface area contributed by atoms with Gasteiger partial charge >= 0.3 is 12.1 Å². The first kappa shape index (κ1) is 15.4. The van der Waals surface area contributed by atoms with E-state index in [1.807, 2.05) is 0 Å². The van der Waals surface area contributed by atoms with Crippen molar-refractivity contribution in [3.8, 4) is 0 Å². The van der Waals surface area contributed by atoms with Crippen molar-refractivity contribution in [1.82, 2.24) is 0 Å². The van der Waals surface area contributed by atoms with Crippen molar-refractivity contribution in [3.63, 3.8) is 0 Å². The molecule has 0 aliphatic carbocycles. The van der Waals surface area contributed by atoms with Crippen molar-refractivity contribution in [3.05, 3.63) is 53.6 Å². The molecule has 0 radical (unpaired) electrons. The maximum atomic E-state index is 11.7. The van der Waals surface area contributed by atoms with Crippen molar-refractivity contribution in [1.29, 1.82) is 0 Å². The molecule has 0 heterocycles. The summed E-state index contributed by atoms with van der Waals surface area (Å²) in [6.07, 6.45) is -1.16. The van der Waals surface area contributed by atoms with Gasteiger partial charge in [-0.25, -0.2) is 14.5 Å². The number of nitrogens with zero attached hydrogens (tertiary/aromatic N) is 1. The van der Waals surface area contributed by atoms with Gasteiger partial charge in [0.15, 0.2) is 0 Å². The van der Waals surface area contributed by atoms with E-state index in [0.717, 1.165) is 4.90 Å². The average molecular weight is 300 g/mol. The quantitative estimate of drug-likeness (QED) is 0.670. The highest BCUT2D eigenvalue weighted by atomic mass is 16.5. The Morgan fingerprint density at radius 2 is 1.77 bits per heavy atom. The number of benzene rings is 2. The van der Waals surface area contributed by atoms with Gasteiger partial charge in [-0.1, -0.05) is 18.2 Å². The molecule has 0 saturated heterocycles. The van der Waals surface area contributed by atoms with Gasteiger partial charge in [0.1, 0.15) is 0 Å². The van der Waals surface area contributed by atoms with Crippen LogP contribution < -0.4 is 10.6 Å². The zero-order chi connectivity index (χ0) is 16.3. The van der Waals surface area contributed by atoms with Crippen LogP contribution in [0.4, 0.5) is 21.9 Å². The highest BCUT2D eigenvalue weighted by Crippen LogP contribution is 2.34. The van der Waals surface area contributed by atoms with Crippen molar-refractivity contribution in [2.75, 3.05) is 17.7 Å². The molecule has 2 aromatic carbocycles. The zero-order valence-corrected chi connectivity index (χ0v) is 12.2. The van der Waals surface area contributed by atoms with Crippen molar-refractivity contribution < 1.29 is 19.4 Å². The number of hydrogen-bond acceptors (Lipinski definition) is 4. The Labute approximate surface area is 127 Å². The van der Waals surface area contributed by atoms with Crippen LogP contribution in [0.3, 0.4) is 0 Å². The van der Waals surface area contributed by atoms with E-state index in [2.05, 4.69) is 4.74 Å². The van der Waals surface area contributed by atoms with Gasteiger partial charge < -0.3 is 15.6 Å². The Bertz CT molecular complexity index is 714. The molecule has 0 bridgehead atoms. The third kappa shape index (κ3) is 2.71. The van der Waals surface area contributed by atoms with Crippen LogP contribution in [0.15, 0.2) is 42.5 Å². The van der Waals surface area contributed by atoms with Gasteiger partial charge in [0.2, 0.25) is 0 Å². The summed E-state index contributed by atoms with van der Waals surface area (Å²) in [5.74, 6) is -0.516. The number of ether oxygens (including phenoxy) is 1. The molecular formula is C16H16N2O4. The van der Waals surface area contributed by atoms with Crippen LogP contribution >= 0.6 is 0 Å². The average Bonchev–Trinajstić information content (AvgIpc) is 2.52. The molecule has 22 heavy (non-hydrogen) atoms. The summed E-state index contributed by atoms with van der Waals surface area (Å²) in [5.41, 5.74) is 7.80. The van der Waals surface area contributed by atoms with Crippen LogP contribution in [0.5, 0.6) is 0 Å². The van der Waals surface area contributed by atoms with Gasteiger partial charge in [-0.05, 0) is 36.8 Å². The summed E-state index contributed by atoms with van der Waals surface area (Å²) < 4.78 is 4.68. The van der Waals surface area contributed by atoms with Crippen LogP contribution in [-0.2, 0) is 4.74 Å². The number of nitrogens with two attached hydrogens (primary N) is 1. The van der Waals surface area contributed by atoms with E-state index in [0.29, 0.717) is 22.5 Å². The van der Waals surface area contributed by atoms with Crippen LogP contribution in [0.2, 0.25) is 0 Å². The standard InChI is InChI=1S/C16H16N2O4/c1-10-12(15(19)22-2)8-9-13(14(10)17)18(16(20)21)11-6-4-3-5-7-11/h3-9H,17H2,1-2H3,(H,20,21). The van der Waals surface area contributed by atoms with Crippen molar-refractivity contribution in [2.45, 2.75) is 6.92 Å². The lowest BCUT2D eigenvalue weighted by molar-refractivity contribution is 0.0600. The fourth-order valence-electron chi connectivity index (χ4n) is 2.17. The van der Waals surface area contributed by atoms with E-state index < -0.39 is 12.1 Å². The van der Waals surface area contributed by atoms with Gasteiger partial charge in [0.05, 0.1) is 29.7 Å². The van der Waals surface area contributed by atoms with Gasteiger partial charge in [0, 0.05) is 0 Å². The predicted molar refractivity (Wildman–Crippen MR) is 83.5 cm³/mol. The predicted octanol–water partition coefficient (Wildman–Crippen LogP) is 3.18. The molecular weight excluding hydrogens is 284 g/mol. The zero-order valence-electron chi connectivity index (χ0n) is 12.2. The molecule has 114 valence electrons. The number of nitrogen functional groups attached to an aromatic ring is 1. The fourth-order valence-corrected chi connectivity index (χ4v) is 2.17. The second-order valence-electron chi connectivity index (χ2n) is 4.62. The minimum absolute atomic E-state index is 0.217. The molecule has 0 aromatic heterocycles.